The van der Waals surface area contributed by atoms with Crippen molar-refractivity contribution in [3.8, 4) is 0 Å². The van der Waals surface area contributed by atoms with E-state index in [1.165, 1.54) is 12.1 Å². The van der Waals surface area contributed by atoms with Crippen molar-refractivity contribution in [3.05, 3.63) is 58.4 Å². The second-order valence-electron chi connectivity index (χ2n) is 9.35. The van der Waals surface area contributed by atoms with E-state index in [9.17, 15) is 31.5 Å². The van der Waals surface area contributed by atoms with Crippen molar-refractivity contribution in [3.63, 3.8) is 0 Å². The molecule has 2 aromatic carbocycles. The molecule has 0 spiro atoms. The summed E-state index contributed by atoms with van der Waals surface area (Å²) in [6.45, 7) is 0.512. The minimum absolute atomic E-state index is 0.0735. The predicted octanol–water partition coefficient (Wildman–Crippen LogP) is 3.28. The van der Waals surface area contributed by atoms with Gasteiger partial charge in [0, 0.05) is 36.5 Å². The monoisotopic (exact) mass is 546 g/mol. The van der Waals surface area contributed by atoms with Crippen LogP contribution in [0.3, 0.4) is 0 Å². The Labute approximate surface area is 211 Å². The third-order valence-corrected chi connectivity index (χ3v) is 9.90. The zero-order valence-electron chi connectivity index (χ0n) is 19.1. The van der Waals surface area contributed by atoms with Crippen LogP contribution < -0.4 is 10.6 Å². The fourth-order valence-corrected chi connectivity index (χ4v) is 7.79. The van der Waals surface area contributed by atoms with Gasteiger partial charge >= 0.3 is 0 Å². The highest BCUT2D eigenvalue weighted by atomic mass is 35.5. The van der Waals surface area contributed by atoms with E-state index in [4.69, 9.17) is 16.7 Å². The molecule has 0 radical (unpaired) electrons. The zero-order valence-corrected chi connectivity index (χ0v) is 20.7. The van der Waals surface area contributed by atoms with Crippen LogP contribution in [0.5, 0.6) is 0 Å². The van der Waals surface area contributed by atoms with Gasteiger partial charge in [0.05, 0.1) is 27.4 Å². The van der Waals surface area contributed by atoms with Crippen molar-refractivity contribution in [2.24, 2.45) is 11.8 Å². The fourth-order valence-electron chi connectivity index (χ4n) is 5.39. The summed E-state index contributed by atoms with van der Waals surface area (Å²) in [7, 11) is -3.99. The minimum atomic E-state index is -3.99. The molecule has 0 heterocycles. The largest absolute Gasteiger partial charge is 0.395 e. The Bertz CT molecular complexity index is 1240. The van der Waals surface area contributed by atoms with Crippen molar-refractivity contribution in [1.82, 2.24) is 5.32 Å². The van der Waals surface area contributed by atoms with Crippen molar-refractivity contribution >= 4 is 33.0 Å². The molecule has 2 aliphatic carbocycles. The van der Waals surface area contributed by atoms with Crippen LogP contribution in [-0.2, 0) is 9.84 Å². The highest BCUT2D eigenvalue weighted by molar-refractivity contribution is 7.92. The number of anilines is 1. The van der Waals surface area contributed by atoms with Crippen LogP contribution in [0.4, 0.5) is 18.9 Å². The van der Waals surface area contributed by atoms with Gasteiger partial charge in [-0.1, -0.05) is 11.6 Å². The van der Waals surface area contributed by atoms with Gasteiger partial charge in [0.25, 0.3) is 5.91 Å². The number of rotatable bonds is 8. The lowest BCUT2D eigenvalue weighted by molar-refractivity contribution is -0.0565. The number of benzene rings is 2. The first-order valence-corrected chi connectivity index (χ1v) is 13.4. The molecule has 7 nitrogen and oxygen atoms in total. The Kier molecular flexibility index (Phi) is 7.68. The Hall–Kier alpha value is -2.18. The second kappa shape index (κ2) is 10.3. The van der Waals surface area contributed by atoms with Crippen LogP contribution >= 0.6 is 11.6 Å². The van der Waals surface area contributed by atoms with E-state index in [-0.39, 0.29) is 59.0 Å². The Balaban J connectivity index is 1.55. The number of carbonyl (C=O) groups excluding carboxylic acids is 1. The average Bonchev–Trinajstić information content (AvgIpc) is 2.99. The predicted molar refractivity (Wildman–Crippen MR) is 127 cm³/mol. The van der Waals surface area contributed by atoms with E-state index < -0.39 is 44.0 Å². The van der Waals surface area contributed by atoms with E-state index in [0.717, 1.165) is 6.07 Å². The summed E-state index contributed by atoms with van der Waals surface area (Å²) in [5, 5.41) is 24.6. The van der Waals surface area contributed by atoms with Crippen LogP contribution in [0, 0.1) is 29.3 Å². The number of halogens is 4. The third kappa shape index (κ3) is 4.99. The molecule has 4 rings (SSSR count). The van der Waals surface area contributed by atoms with Gasteiger partial charge in [-0.25, -0.2) is 21.6 Å². The number of fused-ring (bicyclic) bond motifs is 2. The average molecular weight is 547 g/mol. The van der Waals surface area contributed by atoms with Gasteiger partial charge in [-0.05, 0) is 55.7 Å². The molecule has 2 aromatic rings. The topological polar surface area (TPSA) is 116 Å². The molecule has 4 N–H and O–H groups in total. The normalized spacial score (nSPS) is 25.7. The summed E-state index contributed by atoms with van der Waals surface area (Å²) < 4.78 is 67.3. The first-order chi connectivity index (χ1) is 17.0. The first-order valence-electron chi connectivity index (χ1n) is 11.5. The number of nitrogens with one attached hydrogen (secondary N) is 2. The van der Waals surface area contributed by atoms with E-state index >= 15 is 0 Å². The van der Waals surface area contributed by atoms with Crippen LogP contribution in [0.25, 0.3) is 0 Å². The molecule has 2 fully saturated rings. The van der Waals surface area contributed by atoms with Crippen molar-refractivity contribution in [2.75, 3.05) is 25.0 Å². The smallest absolute Gasteiger partial charge is 0.255 e. The Morgan fingerprint density at radius 3 is 2.28 bits per heavy atom. The van der Waals surface area contributed by atoms with Gasteiger partial charge in [-0.2, -0.15) is 0 Å². The number of aliphatic hydroxyl groups is 2. The SMILES string of the molecule is O=C(Nc1cc(F)c(F)c(F)c1)c1ccc(Cl)c(S(=O)(=O)C2CC3CCC(C2)C3(O)CNCCO)c1. The Morgan fingerprint density at radius 1 is 1.08 bits per heavy atom. The van der Waals surface area contributed by atoms with Gasteiger partial charge in [0.2, 0.25) is 0 Å². The summed E-state index contributed by atoms with van der Waals surface area (Å²) >= 11 is 6.22. The molecule has 0 saturated heterocycles. The molecule has 196 valence electrons. The molecule has 36 heavy (non-hydrogen) atoms. The molecule has 2 bridgehead atoms. The summed E-state index contributed by atoms with van der Waals surface area (Å²) in [4.78, 5) is 12.4. The minimum Gasteiger partial charge on any atom is -0.395 e. The molecule has 12 heteroatoms. The van der Waals surface area contributed by atoms with E-state index in [0.29, 0.717) is 31.5 Å². The number of aliphatic hydroxyl groups excluding tert-OH is 1. The summed E-state index contributed by atoms with van der Waals surface area (Å²) in [5.41, 5.74) is -1.52. The molecule has 2 atom stereocenters. The standard InChI is InChI=1S/C24H26ClF3N2O5S/c25-18-4-1-13(23(32)30-16-10-19(26)22(28)20(27)11-16)7-21(18)36(34,35)17-8-14-2-3-15(9-17)24(14,33)12-29-5-6-31/h1,4,7,10-11,14-15,17,29,31,33H,2-3,5-6,8-9,12H2,(H,30,32). The molecular weight excluding hydrogens is 521 g/mol. The van der Waals surface area contributed by atoms with Gasteiger partial charge in [-0.15, -0.1) is 0 Å². The maximum Gasteiger partial charge on any atom is 0.255 e. The van der Waals surface area contributed by atoms with Gasteiger partial charge < -0.3 is 20.8 Å². The maximum absolute atomic E-state index is 13.6. The molecule has 2 aliphatic rings. The maximum atomic E-state index is 13.6. The van der Waals surface area contributed by atoms with E-state index in [1.54, 1.807) is 0 Å². The van der Waals surface area contributed by atoms with Gasteiger partial charge in [-0.3, -0.25) is 4.79 Å². The molecule has 2 unspecified atom stereocenters. The van der Waals surface area contributed by atoms with Gasteiger partial charge in [0.15, 0.2) is 27.3 Å². The molecular formula is C24H26ClF3N2O5S. The van der Waals surface area contributed by atoms with Crippen LogP contribution in [0.1, 0.15) is 36.0 Å². The number of hydrogen-bond donors (Lipinski definition) is 4. The number of hydrogen-bond acceptors (Lipinski definition) is 6. The van der Waals surface area contributed by atoms with Crippen molar-refractivity contribution < 1.29 is 36.6 Å². The lowest BCUT2D eigenvalue weighted by atomic mass is 9.74. The molecule has 0 aliphatic heterocycles. The number of carbonyl (C=O) groups is 1. The summed E-state index contributed by atoms with van der Waals surface area (Å²) in [6, 6.07) is 4.84. The van der Waals surface area contributed by atoms with Crippen molar-refractivity contribution in [2.45, 2.75) is 41.4 Å². The van der Waals surface area contributed by atoms with E-state index in [1.807, 2.05) is 0 Å². The summed E-state index contributed by atoms with van der Waals surface area (Å²) in [5.74, 6) is -6.01. The Morgan fingerprint density at radius 2 is 1.69 bits per heavy atom. The zero-order chi connectivity index (χ0) is 26.3. The molecule has 1 amide bonds. The third-order valence-electron chi connectivity index (χ3n) is 7.25. The highest BCUT2D eigenvalue weighted by Gasteiger charge is 2.55. The lowest BCUT2D eigenvalue weighted by Gasteiger charge is -2.42. The highest BCUT2D eigenvalue weighted by Crippen LogP contribution is 2.52. The quantitative estimate of drug-likeness (QED) is 0.298. The molecule has 0 aromatic heterocycles. The van der Waals surface area contributed by atoms with Crippen LogP contribution in [0.2, 0.25) is 5.02 Å². The number of amides is 1. The molecule has 2 saturated carbocycles. The fraction of sp³-hybridized carbons (Fsp3) is 0.458. The van der Waals surface area contributed by atoms with Crippen LogP contribution in [0.15, 0.2) is 35.2 Å². The summed E-state index contributed by atoms with van der Waals surface area (Å²) in [6.07, 6.45) is 1.79. The van der Waals surface area contributed by atoms with Gasteiger partial charge in [0.1, 0.15) is 0 Å². The second-order valence-corrected chi connectivity index (χ2v) is 12.0. The van der Waals surface area contributed by atoms with Crippen LogP contribution in [-0.4, -0.2) is 55.1 Å². The first kappa shape index (κ1) is 26.9. The number of sulfone groups is 1. The van der Waals surface area contributed by atoms with E-state index in [2.05, 4.69) is 10.6 Å². The lowest BCUT2D eigenvalue weighted by Crippen LogP contribution is -2.54. The van der Waals surface area contributed by atoms with Crippen molar-refractivity contribution in [1.29, 1.82) is 0 Å².